The standard InChI is InChI=1S/C18H26Cl2N2O/c1-4-5-6-7-15(13-22(2)3)18(21-23)11-9-14-8-10-16(19)17(20)12-14/h8-12,15,23H,4-7,13H2,1-3H3/b11-9+,21-18?. The predicted molar refractivity (Wildman–Crippen MR) is 101 cm³/mol. The van der Waals surface area contributed by atoms with E-state index in [0.29, 0.717) is 15.8 Å². The normalized spacial score (nSPS) is 13.9. The average Bonchev–Trinajstić information content (AvgIpc) is 2.50. The largest absolute Gasteiger partial charge is 0.411 e. The topological polar surface area (TPSA) is 35.8 Å². The first kappa shape index (κ1) is 20.0. The summed E-state index contributed by atoms with van der Waals surface area (Å²) in [7, 11) is 4.06. The number of hydrogen-bond acceptors (Lipinski definition) is 3. The van der Waals surface area contributed by atoms with E-state index in [-0.39, 0.29) is 5.92 Å². The highest BCUT2D eigenvalue weighted by atomic mass is 35.5. The van der Waals surface area contributed by atoms with Gasteiger partial charge in [-0.3, -0.25) is 0 Å². The van der Waals surface area contributed by atoms with Gasteiger partial charge < -0.3 is 10.1 Å². The van der Waals surface area contributed by atoms with Crippen molar-refractivity contribution in [2.75, 3.05) is 20.6 Å². The Labute approximate surface area is 149 Å². The van der Waals surface area contributed by atoms with Crippen LogP contribution in [0.15, 0.2) is 29.4 Å². The molecule has 3 nitrogen and oxygen atoms in total. The minimum Gasteiger partial charge on any atom is -0.411 e. The number of benzene rings is 1. The molecule has 5 heteroatoms. The molecule has 1 aromatic rings. The summed E-state index contributed by atoms with van der Waals surface area (Å²) in [5.41, 5.74) is 1.62. The summed E-state index contributed by atoms with van der Waals surface area (Å²) in [5.74, 6) is 0.209. The maximum Gasteiger partial charge on any atom is 0.0839 e. The number of allylic oxidation sites excluding steroid dienone is 1. The lowest BCUT2D eigenvalue weighted by Gasteiger charge is -2.20. The molecule has 0 heterocycles. The second kappa shape index (κ2) is 10.7. The van der Waals surface area contributed by atoms with Gasteiger partial charge in [-0.15, -0.1) is 0 Å². The van der Waals surface area contributed by atoms with Crippen molar-refractivity contribution in [3.8, 4) is 0 Å². The molecule has 0 aliphatic heterocycles. The van der Waals surface area contributed by atoms with Gasteiger partial charge in [0.05, 0.1) is 15.8 Å². The molecule has 1 rings (SSSR count). The number of nitrogens with zero attached hydrogens (tertiary/aromatic N) is 2. The molecule has 0 aliphatic rings. The fraction of sp³-hybridized carbons (Fsp3) is 0.500. The Balaban J connectivity index is 2.84. The van der Waals surface area contributed by atoms with Crippen molar-refractivity contribution in [2.24, 2.45) is 11.1 Å². The minimum atomic E-state index is 0.209. The van der Waals surface area contributed by atoms with Crippen LogP contribution in [0.5, 0.6) is 0 Å². The van der Waals surface area contributed by atoms with Gasteiger partial charge in [0.25, 0.3) is 0 Å². The third-order valence-corrected chi connectivity index (χ3v) is 4.40. The second-order valence-electron chi connectivity index (χ2n) is 5.99. The van der Waals surface area contributed by atoms with E-state index < -0.39 is 0 Å². The van der Waals surface area contributed by atoms with Gasteiger partial charge >= 0.3 is 0 Å². The van der Waals surface area contributed by atoms with E-state index >= 15 is 0 Å². The lowest BCUT2D eigenvalue weighted by atomic mass is 9.94. The molecule has 0 aliphatic carbocycles. The zero-order valence-corrected chi connectivity index (χ0v) is 15.6. The Kier molecular flexibility index (Phi) is 9.30. The van der Waals surface area contributed by atoms with E-state index in [2.05, 4.69) is 17.0 Å². The molecule has 0 radical (unpaired) electrons. The van der Waals surface area contributed by atoms with Gasteiger partial charge in [0.1, 0.15) is 0 Å². The molecule has 0 saturated heterocycles. The van der Waals surface area contributed by atoms with Crippen LogP contribution in [-0.4, -0.2) is 36.5 Å². The zero-order chi connectivity index (χ0) is 17.2. The SMILES string of the molecule is CCCCCC(CN(C)C)C(/C=C/c1ccc(Cl)c(Cl)c1)=NO. The molecule has 128 valence electrons. The summed E-state index contributed by atoms with van der Waals surface area (Å²) < 4.78 is 0. The molecule has 23 heavy (non-hydrogen) atoms. The fourth-order valence-corrected chi connectivity index (χ4v) is 2.77. The molecule has 0 saturated carbocycles. The number of unbranched alkanes of at least 4 members (excludes halogenated alkanes) is 2. The molecule has 0 bridgehead atoms. The first-order chi connectivity index (χ1) is 11.0. The van der Waals surface area contributed by atoms with Crippen molar-refractivity contribution >= 4 is 35.0 Å². The van der Waals surface area contributed by atoms with Crippen molar-refractivity contribution < 1.29 is 5.21 Å². The highest BCUT2D eigenvalue weighted by Crippen LogP contribution is 2.23. The maximum absolute atomic E-state index is 9.41. The Bertz CT molecular complexity index is 542. The Morgan fingerprint density at radius 1 is 1.26 bits per heavy atom. The van der Waals surface area contributed by atoms with Gasteiger partial charge in [0.2, 0.25) is 0 Å². The molecule has 1 atom stereocenters. The van der Waals surface area contributed by atoms with Crippen LogP contribution in [0, 0.1) is 5.92 Å². The van der Waals surface area contributed by atoms with E-state index in [0.717, 1.165) is 24.9 Å². The summed E-state index contributed by atoms with van der Waals surface area (Å²) in [6, 6.07) is 5.45. The third-order valence-electron chi connectivity index (χ3n) is 3.67. The van der Waals surface area contributed by atoms with Crippen molar-refractivity contribution in [1.82, 2.24) is 4.90 Å². The molecule has 1 N–H and O–H groups in total. The number of hydrogen-bond donors (Lipinski definition) is 1. The highest BCUT2D eigenvalue weighted by molar-refractivity contribution is 6.42. The minimum absolute atomic E-state index is 0.209. The average molecular weight is 357 g/mol. The summed E-state index contributed by atoms with van der Waals surface area (Å²) in [4.78, 5) is 2.12. The molecular formula is C18H26Cl2N2O. The molecule has 0 amide bonds. The zero-order valence-electron chi connectivity index (χ0n) is 14.1. The predicted octanol–water partition coefficient (Wildman–Crippen LogP) is 5.59. The van der Waals surface area contributed by atoms with Crippen molar-refractivity contribution in [3.05, 3.63) is 39.9 Å². The summed E-state index contributed by atoms with van der Waals surface area (Å²) >= 11 is 12.0. The van der Waals surface area contributed by atoms with Gasteiger partial charge in [-0.1, -0.05) is 66.7 Å². The van der Waals surface area contributed by atoms with Crippen molar-refractivity contribution in [3.63, 3.8) is 0 Å². The fourth-order valence-electron chi connectivity index (χ4n) is 2.46. The Morgan fingerprint density at radius 2 is 2.00 bits per heavy atom. The van der Waals surface area contributed by atoms with Crippen LogP contribution in [0.4, 0.5) is 0 Å². The van der Waals surface area contributed by atoms with Crippen LogP contribution >= 0.6 is 23.2 Å². The molecule has 1 unspecified atom stereocenters. The van der Waals surface area contributed by atoms with Crippen molar-refractivity contribution in [1.29, 1.82) is 0 Å². The van der Waals surface area contributed by atoms with Crippen LogP contribution < -0.4 is 0 Å². The van der Waals surface area contributed by atoms with Crippen LogP contribution in [0.3, 0.4) is 0 Å². The van der Waals surface area contributed by atoms with E-state index in [1.165, 1.54) is 12.8 Å². The van der Waals surface area contributed by atoms with Gasteiger partial charge in [-0.05, 0) is 44.3 Å². The number of rotatable bonds is 9. The third kappa shape index (κ3) is 7.38. The van der Waals surface area contributed by atoms with Gasteiger partial charge in [0.15, 0.2) is 0 Å². The van der Waals surface area contributed by atoms with Gasteiger partial charge in [-0.25, -0.2) is 0 Å². The first-order valence-corrected chi connectivity index (χ1v) is 8.73. The van der Waals surface area contributed by atoms with Crippen LogP contribution in [0.1, 0.15) is 38.2 Å². The monoisotopic (exact) mass is 356 g/mol. The molecule has 0 spiro atoms. The lowest BCUT2D eigenvalue weighted by molar-refractivity contribution is 0.305. The molecule has 0 aromatic heterocycles. The van der Waals surface area contributed by atoms with Crippen LogP contribution in [0.2, 0.25) is 10.0 Å². The number of halogens is 2. The van der Waals surface area contributed by atoms with E-state index in [1.807, 2.05) is 32.3 Å². The summed E-state index contributed by atoms with van der Waals surface area (Å²) in [5, 5.41) is 14.0. The van der Waals surface area contributed by atoms with Crippen LogP contribution in [-0.2, 0) is 0 Å². The smallest absolute Gasteiger partial charge is 0.0839 e. The maximum atomic E-state index is 9.41. The van der Waals surface area contributed by atoms with Crippen LogP contribution in [0.25, 0.3) is 6.08 Å². The van der Waals surface area contributed by atoms with Crippen molar-refractivity contribution in [2.45, 2.75) is 32.6 Å². The van der Waals surface area contributed by atoms with Gasteiger partial charge in [0, 0.05) is 12.5 Å². The van der Waals surface area contributed by atoms with E-state index in [9.17, 15) is 5.21 Å². The quantitative estimate of drug-likeness (QED) is 0.270. The number of oxime groups is 1. The summed E-state index contributed by atoms with van der Waals surface area (Å²) in [6.07, 6.45) is 8.28. The highest BCUT2D eigenvalue weighted by Gasteiger charge is 2.15. The van der Waals surface area contributed by atoms with E-state index in [1.54, 1.807) is 12.1 Å². The molecule has 1 aromatic carbocycles. The second-order valence-corrected chi connectivity index (χ2v) is 6.80. The van der Waals surface area contributed by atoms with Gasteiger partial charge in [-0.2, -0.15) is 0 Å². The van der Waals surface area contributed by atoms with E-state index in [4.69, 9.17) is 23.2 Å². The molecular weight excluding hydrogens is 331 g/mol. The molecule has 0 fully saturated rings. The Morgan fingerprint density at radius 3 is 2.57 bits per heavy atom. The first-order valence-electron chi connectivity index (χ1n) is 7.97. The lowest BCUT2D eigenvalue weighted by Crippen LogP contribution is -2.27. The summed E-state index contributed by atoms with van der Waals surface area (Å²) in [6.45, 7) is 3.04. The Hall–Kier alpha value is -1.03.